The second-order valence-electron chi connectivity index (χ2n) is 10.4. The number of alkyl carbamates (subject to hydrolysis) is 1. The number of fused-ring (bicyclic) bond motifs is 3. The molecule has 3 N–H and O–H groups in total. The zero-order valence-corrected chi connectivity index (χ0v) is 20.0. The Morgan fingerprint density at radius 2 is 1.69 bits per heavy atom. The van der Waals surface area contributed by atoms with Crippen molar-refractivity contribution in [3.8, 4) is 11.1 Å². The molecule has 0 heterocycles. The van der Waals surface area contributed by atoms with Gasteiger partial charge in [0.25, 0.3) is 0 Å². The number of carboxylic acids is 1. The lowest BCUT2D eigenvalue weighted by Crippen LogP contribution is -2.47. The Morgan fingerprint density at radius 1 is 1.06 bits per heavy atom. The van der Waals surface area contributed by atoms with E-state index in [4.69, 9.17) is 9.84 Å². The van der Waals surface area contributed by atoms with Gasteiger partial charge in [-0.3, -0.25) is 9.59 Å². The van der Waals surface area contributed by atoms with Gasteiger partial charge in [0.2, 0.25) is 5.91 Å². The van der Waals surface area contributed by atoms with Crippen LogP contribution in [0, 0.1) is 10.8 Å². The van der Waals surface area contributed by atoms with E-state index in [-0.39, 0.29) is 42.9 Å². The number of ether oxygens (including phenoxy) is 1. The maximum atomic E-state index is 13.2. The van der Waals surface area contributed by atoms with Crippen LogP contribution in [0.2, 0.25) is 0 Å². The van der Waals surface area contributed by atoms with E-state index in [1.807, 2.05) is 31.2 Å². The molecule has 3 aliphatic carbocycles. The number of carboxylic acid groups (broad SMARTS) is 1. The molecule has 7 nitrogen and oxygen atoms in total. The fraction of sp³-hybridized carbons (Fsp3) is 0.464. The fourth-order valence-electron chi connectivity index (χ4n) is 6.09. The van der Waals surface area contributed by atoms with Gasteiger partial charge in [0.15, 0.2) is 0 Å². The molecule has 2 aromatic carbocycles. The summed E-state index contributed by atoms with van der Waals surface area (Å²) in [6.07, 6.45) is 3.68. The van der Waals surface area contributed by atoms with Crippen molar-refractivity contribution < 1.29 is 24.2 Å². The molecule has 2 fully saturated rings. The Kier molecular flexibility index (Phi) is 6.03. The van der Waals surface area contributed by atoms with Gasteiger partial charge in [-0.25, -0.2) is 4.79 Å². The number of benzene rings is 2. The van der Waals surface area contributed by atoms with E-state index in [0.717, 1.165) is 36.8 Å². The second-order valence-corrected chi connectivity index (χ2v) is 10.4. The first-order valence-electron chi connectivity index (χ1n) is 12.5. The molecule has 2 saturated carbocycles. The van der Waals surface area contributed by atoms with Crippen molar-refractivity contribution in [3.63, 3.8) is 0 Å². The molecule has 0 aliphatic heterocycles. The topological polar surface area (TPSA) is 105 Å². The molecule has 2 aromatic rings. The maximum absolute atomic E-state index is 13.2. The molecule has 0 saturated heterocycles. The highest BCUT2D eigenvalue weighted by molar-refractivity contribution is 5.88. The summed E-state index contributed by atoms with van der Waals surface area (Å²) in [5.41, 5.74) is 3.99. The predicted molar refractivity (Wildman–Crippen MR) is 131 cm³/mol. The number of nitrogens with one attached hydrogen (secondary N) is 2. The van der Waals surface area contributed by atoms with Crippen LogP contribution < -0.4 is 10.6 Å². The largest absolute Gasteiger partial charge is 0.481 e. The molecule has 1 spiro atoms. The molecule has 0 radical (unpaired) electrons. The predicted octanol–water partition coefficient (Wildman–Crippen LogP) is 4.46. The molecule has 3 aliphatic rings. The van der Waals surface area contributed by atoms with Gasteiger partial charge in [0.05, 0.1) is 5.41 Å². The van der Waals surface area contributed by atoms with Crippen molar-refractivity contribution in [2.75, 3.05) is 13.2 Å². The van der Waals surface area contributed by atoms with Crippen LogP contribution >= 0.6 is 0 Å². The third-order valence-corrected chi connectivity index (χ3v) is 8.32. The summed E-state index contributed by atoms with van der Waals surface area (Å²) in [6, 6.07) is 16.2. The number of carbonyl (C=O) groups is 3. The standard InChI is InChI=1S/C28H32N2O5/c1-18(11-12-24(31)32)30-25(33)28(16-27(28)13-6-14-27)17-29-26(34)35-15-23-21-9-4-2-7-19(21)20-8-3-5-10-22(20)23/h2-5,7-10,18,23H,6,11-17H2,1H3,(H,29,34)(H,30,33)(H,31,32). The fourth-order valence-corrected chi connectivity index (χ4v) is 6.09. The van der Waals surface area contributed by atoms with Crippen LogP contribution in [0.4, 0.5) is 4.79 Å². The van der Waals surface area contributed by atoms with Crippen molar-refractivity contribution >= 4 is 18.0 Å². The van der Waals surface area contributed by atoms with Crippen LogP contribution in [0.1, 0.15) is 62.5 Å². The van der Waals surface area contributed by atoms with Gasteiger partial charge in [-0.2, -0.15) is 0 Å². The molecule has 2 amide bonds. The highest BCUT2D eigenvalue weighted by atomic mass is 16.5. The zero-order valence-electron chi connectivity index (χ0n) is 20.0. The molecule has 0 bridgehead atoms. The summed E-state index contributed by atoms with van der Waals surface area (Å²) < 4.78 is 5.66. The van der Waals surface area contributed by atoms with Crippen molar-refractivity contribution in [1.29, 1.82) is 0 Å². The van der Waals surface area contributed by atoms with Crippen molar-refractivity contribution in [3.05, 3.63) is 59.7 Å². The zero-order chi connectivity index (χ0) is 24.6. The molecule has 0 aromatic heterocycles. The van der Waals surface area contributed by atoms with Gasteiger partial charge in [-0.05, 0) is 60.3 Å². The van der Waals surface area contributed by atoms with Crippen LogP contribution in [0.25, 0.3) is 11.1 Å². The van der Waals surface area contributed by atoms with Crippen molar-refractivity contribution in [2.24, 2.45) is 10.8 Å². The van der Waals surface area contributed by atoms with E-state index < -0.39 is 17.5 Å². The Balaban J connectivity index is 1.19. The first kappa shape index (κ1) is 23.4. The van der Waals surface area contributed by atoms with Gasteiger partial charge in [-0.1, -0.05) is 55.0 Å². The van der Waals surface area contributed by atoms with Gasteiger partial charge < -0.3 is 20.5 Å². The average Bonchev–Trinajstić information content (AvgIpc) is 3.45. The Labute approximate surface area is 205 Å². The van der Waals surface area contributed by atoms with E-state index in [2.05, 4.69) is 34.9 Å². The van der Waals surface area contributed by atoms with E-state index in [1.54, 1.807) is 0 Å². The molecule has 2 atom stereocenters. The third kappa shape index (κ3) is 4.17. The van der Waals surface area contributed by atoms with Gasteiger partial charge >= 0.3 is 12.1 Å². The van der Waals surface area contributed by atoms with E-state index in [9.17, 15) is 14.4 Å². The van der Waals surface area contributed by atoms with E-state index in [1.165, 1.54) is 11.1 Å². The monoisotopic (exact) mass is 476 g/mol. The van der Waals surface area contributed by atoms with Gasteiger partial charge in [0, 0.05) is 24.9 Å². The molecular weight excluding hydrogens is 444 g/mol. The molecule has 5 rings (SSSR count). The minimum Gasteiger partial charge on any atom is -0.481 e. The van der Waals surface area contributed by atoms with Crippen LogP contribution in [-0.4, -0.2) is 42.3 Å². The number of carbonyl (C=O) groups excluding carboxylic acids is 2. The van der Waals surface area contributed by atoms with Crippen LogP contribution in [0.15, 0.2) is 48.5 Å². The summed E-state index contributed by atoms with van der Waals surface area (Å²) in [7, 11) is 0. The third-order valence-electron chi connectivity index (χ3n) is 8.32. The highest BCUT2D eigenvalue weighted by Crippen LogP contribution is 2.73. The molecule has 184 valence electrons. The first-order chi connectivity index (χ1) is 16.9. The minimum atomic E-state index is -0.875. The summed E-state index contributed by atoms with van der Waals surface area (Å²) in [4.78, 5) is 36.8. The second kappa shape index (κ2) is 9.02. The van der Waals surface area contributed by atoms with Crippen LogP contribution in [-0.2, 0) is 14.3 Å². The smallest absolute Gasteiger partial charge is 0.407 e. The highest BCUT2D eigenvalue weighted by Gasteiger charge is 2.73. The molecule has 35 heavy (non-hydrogen) atoms. The van der Waals surface area contributed by atoms with Gasteiger partial charge in [0.1, 0.15) is 6.61 Å². The Hall–Kier alpha value is -3.35. The number of hydrogen-bond donors (Lipinski definition) is 3. The lowest BCUT2D eigenvalue weighted by Gasteiger charge is -2.33. The molecule has 7 heteroatoms. The Morgan fingerprint density at radius 3 is 2.23 bits per heavy atom. The van der Waals surface area contributed by atoms with Crippen molar-refractivity contribution in [2.45, 2.75) is 57.4 Å². The van der Waals surface area contributed by atoms with Gasteiger partial charge in [-0.15, -0.1) is 0 Å². The SMILES string of the molecule is CC(CCC(=O)O)NC(=O)C1(CNC(=O)OCC2c3ccccc3-c3ccccc32)CC12CCC2. The minimum absolute atomic E-state index is 0.0115. The van der Waals surface area contributed by atoms with Crippen LogP contribution in [0.3, 0.4) is 0 Å². The lowest BCUT2D eigenvalue weighted by molar-refractivity contribution is -0.137. The normalized spacial score (nSPS) is 21.9. The Bertz CT molecular complexity index is 1110. The summed E-state index contributed by atoms with van der Waals surface area (Å²) in [6.45, 7) is 2.29. The number of aliphatic carboxylic acids is 1. The number of hydrogen-bond acceptors (Lipinski definition) is 4. The quantitative estimate of drug-likeness (QED) is 0.496. The van der Waals surface area contributed by atoms with E-state index >= 15 is 0 Å². The molecule has 2 unspecified atom stereocenters. The number of amides is 2. The summed E-state index contributed by atoms with van der Waals surface area (Å²) in [5, 5.41) is 14.8. The summed E-state index contributed by atoms with van der Waals surface area (Å²) >= 11 is 0. The maximum Gasteiger partial charge on any atom is 0.407 e. The first-order valence-corrected chi connectivity index (χ1v) is 12.5. The molecular formula is C28H32N2O5. The average molecular weight is 477 g/mol. The van der Waals surface area contributed by atoms with Crippen LogP contribution in [0.5, 0.6) is 0 Å². The summed E-state index contributed by atoms with van der Waals surface area (Å²) in [5.74, 6) is -0.979. The number of rotatable bonds is 9. The van der Waals surface area contributed by atoms with E-state index in [0.29, 0.717) is 6.42 Å². The lowest BCUT2D eigenvalue weighted by atomic mass is 9.74. The van der Waals surface area contributed by atoms with Crippen molar-refractivity contribution in [1.82, 2.24) is 10.6 Å².